The van der Waals surface area contributed by atoms with Crippen molar-refractivity contribution in [2.75, 3.05) is 17.7 Å². The van der Waals surface area contributed by atoms with Crippen molar-refractivity contribution < 1.29 is 31.9 Å². The fourth-order valence-electron chi connectivity index (χ4n) is 2.95. The Labute approximate surface area is 191 Å². The van der Waals surface area contributed by atoms with Crippen LogP contribution >= 0.6 is 11.6 Å². The Morgan fingerprint density at radius 2 is 1.67 bits per heavy atom. The predicted molar refractivity (Wildman–Crippen MR) is 116 cm³/mol. The summed E-state index contributed by atoms with van der Waals surface area (Å²) in [5.41, 5.74) is -0.193. The van der Waals surface area contributed by atoms with Gasteiger partial charge in [-0.05, 0) is 54.1 Å². The van der Waals surface area contributed by atoms with Crippen LogP contribution in [0, 0.1) is 5.82 Å². The highest BCUT2D eigenvalue weighted by atomic mass is 35.5. The molecule has 3 aromatic rings. The number of carbonyl (C=O) groups excluding carboxylic acids is 2. The van der Waals surface area contributed by atoms with Crippen molar-refractivity contribution in [1.82, 2.24) is 0 Å². The molecule has 3 rings (SSSR count). The van der Waals surface area contributed by atoms with Crippen molar-refractivity contribution in [1.29, 1.82) is 0 Å². The third-order valence-electron chi connectivity index (χ3n) is 4.55. The fraction of sp³-hybridized carbons (Fsp3) is 0.130. The molecule has 0 bridgehead atoms. The molecular weight excluding hydrogens is 464 g/mol. The lowest BCUT2D eigenvalue weighted by molar-refractivity contribution is -0.137. The number of benzene rings is 3. The smallest absolute Gasteiger partial charge is 0.416 e. The van der Waals surface area contributed by atoms with Crippen molar-refractivity contribution in [3.63, 3.8) is 0 Å². The van der Waals surface area contributed by atoms with Gasteiger partial charge < -0.3 is 15.4 Å². The second-order valence-corrected chi connectivity index (χ2v) is 7.35. The van der Waals surface area contributed by atoms with Gasteiger partial charge in [-0.2, -0.15) is 13.2 Å². The Bertz CT molecular complexity index is 1180. The van der Waals surface area contributed by atoms with Gasteiger partial charge in [0.1, 0.15) is 11.6 Å². The van der Waals surface area contributed by atoms with Crippen molar-refractivity contribution in [3.05, 3.63) is 88.2 Å². The van der Waals surface area contributed by atoms with Gasteiger partial charge in [-0.25, -0.2) is 4.39 Å². The highest BCUT2D eigenvalue weighted by Gasteiger charge is 2.30. The van der Waals surface area contributed by atoms with Crippen LogP contribution in [0.3, 0.4) is 0 Å². The summed E-state index contributed by atoms with van der Waals surface area (Å²) in [6.45, 7) is 0. The summed E-state index contributed by atoms with van der Waals surface area (Å²) in [4.78, 5) is 24.8. The van der Waals surface area contributed by atoms with Crippen LogP contribution in [0.25, 0.3) is 0 Å². The summed E-state index contributed by atoms with van der Waals surface area (Å²) >= 11 is 5.70. The van der Waals surface area contributed by atoms with Gasteiger partial charge in [-0.1, -0.05) is 23.7 Å². The minimum absolute atomic E-state index is 0.138. The zero-order valence-electron chi connectivity index (χ0n) is 17.1. The molecule has 2 N–H and O–H groups in total. The minimum Gasteiger partial charge on any atom is -0.495 e. The quantitative estimate of drug-likeness (QED) is 0.429. The lowest BCUT2D eigenvalue weighted by Crippen LogP contribution is -2.16. The second-order valence-electron chi connectivity index (χ2n) is 6.91. The number of anilines is 2. The maximum atomic E-state index is 14.0. The molecule has 0 atom stereocenters. The molecule has 0 saturated heterocycles. The first-order chi connectivity index (χ1) is 15.6. The summed E-state index contributed by atoms with van der Waals surface area (Å²) in [7, 11) is 1.37. The maximum absolute atomic E-state index is 14.0. The van der Waals surface area contributed by atoms with Crippen LogP contribution in [0.15, 0.2) is 60.7 Å². The highest BCUT2D eigenvalue weighted by molar-refractivity contribution is 6.30. The number of amides is 2. The second kappa shape index (κ2) is 9.91. The van der Waals surface area contributed by atoms with Gasteiger partial charge in [0, 0.05) is 10.7 Å². The molecule has 5 nitrogen and oxygen atoms in total. The lowest BCUT2D eigenvalue weighted by atomic mass is 10.1. The van der Waals surface area contributed by atoms with Crippen LogP contribution in [0.4, 0.5) is 28.9 Å². The number of nitrogens with one attached hydrogen (secondary N) is 2. The molecule has 0 aliphatic carbocycles. The first-order valence-electron chi connectivity index (χ1n) is 9.47. The average molecular weight is 481 g/mol. The molecule has 0 fully saturated rings. The Balaban J connectivity index is 1.72. The van der Waals surface area contributed by atoms with Gasteiger partial charge in [0.25, 0.3) is 5.91 Å². The van der Waals surface area contributed by atoms with E-state index in [2.05, 4.69) is 10.6 Å². The molecule has 0 aliphatic rings. The van der Waals surface area contributed by atoms with Crippen LogP contribution < -0.4 is 15.4 Å². The maximum Gasteiger partial charge on any atom is 0.416 e. The first kappa shape index (κ1) is 24.1. The molecule has 33 heavy (non-hydrogen) atoms. The number of carbonyl (C=O) groups is 2. The highest BCUT2D eigenvalue weighted by Crippen LogP contribution is 2.30. The Morgan fingerprint density at radius 1 is 0.970 bits per heavy atom. The molecule has 0 saturated carbocycles. The Morgan fingerprint density at radius 3 is 2.27 bits per heavy atom. The summed E-state index contributed by atoms with van der Waals surface area (Å²) in [5, 5.41) is 5.25. The molecule has 172 valence electrons. The zero-order chi connectivity index (χ0) is 24.2. The van der Waals surface area contributed by atoms with Crippen LogP contribution in [-0.4, -0.2) is 18.9 Å². The van der Waals surface area contributed by atoms with Crippen molar-refractivity contribution in [2.45, 2.75) is 12.6 Å². The zero-order valence-corrected chi connectivity index (χ0v) is 17.9. The molecule has 0 heterocycles. The average Bonchev–Trinajstić information content (AvgIpc) is 2.73. The Hall–Kier alpha value is -3.59. The van der Waals surface area contributed by atoms with E-state index in [-0.39, 0.29) is 28.4 Å². The van der Waals surface area contributed by atoms with E-state index < -0.39 is 29.4 Å². The number of hydrogen-bond acceptors (Lipinski definition) is 3. The molecule has 0 aromatic heterocycles. The molecule has 0 radical (unpaired) electrons. The standard InChI is InChI=1S/C23H17ClF4N2O3/c1-33-20-9-7-16(12-19(20)30-22(32)17-8-6-15(24)11-18(17)25)29-21(31)10-13-2-4-14(5-3-13)23(26,27)28/h2-9,11-12H,10H2,1H3,(H,29,31)(H,30,32). The molecule has 0 aliphatic heterocycles. The molecular formula is C23H17ClF4N2O3. The summed E-state index contributed by atoms with van der Waals surface area (Å²) < 4.78 is 57.2. The van der Waals surface area contributed by atoms with E-state index in [0.29, 0.717) is 11.3 Å². The molecule has 0 unspecified atom stereocenters. The summed E-state index contributed by atoms with van der Waals surface area (Å²) in [5.74, 6) is -1.78. The van der Waals surface area contributed by atoms with Gasteiger partial charge in [-0.15, -0.1) is 0 Å². The number of hydrogen-bond donors (Lipinski definition) is 2. The molecule has 0 spiro atoms. The topological polar surface area (TPSA) is 67.4 Å². The lowest BCUT2D eigenvalue weighted by Gasteiger charge is -2.13. The summed E-state index contributed by atoms with van der Waals surface area (Å²) in [6, 6.07) is 12.3. The molecule has 3 aromatic carbocycles. The van der Waals surface area contributed by atoms with Crippen molar-refractivity contribution in [3.8, 4) is 5.75 Å². The van der Waals surface area contributed by atoms with Gasteiger partial charge in [0.05, 0.1) is 30.3 Å². The van der Waals surface area contributed by atoms with Crippen LogP contribution in [0.5, 0.6) is 5.75 Å². The number of alkyl halides is 3. The Kier molecular flexibility index (Phi) is 7.23. The normalized spacial score (nSPS) is 11.1. The fourth-order valence-corrected chi connectivity index (χ4v) is 3.11. The number of ether oxygens (including phenoxy) is 1. The van der Waals surface area contributed by atoms with Gasteiger partial charge in [0.2, 0.25) is 5.91 Å². The SMILES string of the molecule is COc1ccc(NC(=O)Cc2ccc(C(F)(F)F)cc2)cc1NC(=O)c1ccc(Cl)cc1F. The number of rotatable bonds is 6. The van der Waals surface area contributed by atoms with E-state index in [4.69, 9.17) is 16.3 Å². The third kappa shape index (κ3) is 6.23. The van der Waals surface area contributed by atoms with E-state index in [9.17, 15) is 27.2 Å². The molecule has 2 amide bonds. The number of halogens is 5. The molecule has 10 heteroatoms. The van der Waals surface area contributed by atoms with Gasteiger partial charge in [-0.3, -0.25) is 9.59 Å². The van der Waals surface area contributed by atoms with E-state index in [0.717, 1.165) is 18.2 Å². The van der Waals surface area contributed by atoms with E-state index >= 15 is 0 Å². The van der Waals surface area contributed by atoms with Crippen molar-refractivity contribution >= 4 is 34.8 Å². The van der Waals surface area contributed by atoms with Gasteiger partial charge in [0.15, 0.2) is 0 Å². The first-order valence-corrected chi connectivity index (χ1v) is 9.85. The predicted octanol–water partition coefficient (Wildman–Crippen LogP) is 5.94. The van der Waals surface area contributed by atoms with Crippen LogP contribution in [-0.2, 0) is 17.4 Å². The number of methoxy groups -OCH3 is 1. The largest absolute Gasteiger partial charge is 0.495 e. The van der Waals surface area contributed by atoms with E-state index in [1.165, 1.54) is 49.6 Å². The van der Waals surface area contributed by atoms with Crippen LogP contribution in [0.1, 0.15) is 21.5 Å². The minimum atomic E-state index is -4.46. The van der Waals surface area contributed by atoms with Crippen LogP contribution in [0.2, 0.25) is 5.02 Å². The van der Waals surface area contributed by atoms with E-state index in [1.807, 2.05) is 0 Å². The van der Waals surface area contributed by atoms with E-state index in [1.54, 1.807) is 0 Å². The summed E-state index contributed by atoms with van der Waals surface area (Å²) in [6.07, 6.45) is -4.62. The third-order valence-corrected chi connectivity index (χ3v) is 4.79. The monoisotopic (exact) mass is 480 g/mol. The van der Waals surface area contributed by atoms with Gasteiger partial charge >= 0.3 is 6.18 Å². The van der Waals surface area contributed by atoms with Crippen molar-refractivity contribution in [2.24, 2.45) is 0 Å².